The van der Waals surface area contributed by atoms with E-state index in [0.717, 1.165) is 4.88 Å². The molecule has 2 aromatic rings. The molecule has 1 unspecified atom stereocenters. The molecule has 86 valence electrons. The lowest BCUT2D eigenvalue weighted by molar-refractivity contribution is 0.707. The Hall–Kier alpha value is -1.13. The Morgan fingerprint density at radius 1 is 1.41 bits per heavy atom. The van der Waals surface area contributed by atoms with Crippen LogP contribution in [0, 0.1) is 11.3 Å². The molecule has 0 bridgehead atoms. The van der Waals surface area contributed by atoms with Gasteiger partial charge in [0.15, 0.2) is 23.0 Å². The molecule has 0 saturated carbocycles. The molecule has 1 aromatic heterocycles. The summed E-state index contributed by atoms with van der Waals surface area (Å²) < 4.78 is 5.05. The van der Waals surface area contributed by atoms with E-state index in [1.165, 1.54) is 16.9 Å². The molecular formula is C12H9IN2OS. The fourth-order valence-electron chi connectivity index (χ4n) is 1.52. The van der Waals surface area contributed by atoms with Crippen molar-refractivity contribution in [3.8, 4) is 11.3 Å². The minimum Gasteiger partial charge on any atom is -0.399 e. The average molecular weight is 356 g/mol. The van der Waals surface area contributed by atoms with Crippen molar-refractivity contribution in [1.29, 1.82) is 5.26 Å². The van der Waals surface area contributed by atoms with Gasteiger partial charge in [-0.05, 0) is 17.7 Å². The maximum Gasteiger partial charge on any atom is 0.283 e. The van der Waals surface area contributed by atoms with Crippen LogP contribution in [0.2, 0.25) is 0 Å². The van der Waals surface area contributed by atoms with Crippen molar-refractivity contribution in [2.75, 3.05) is 0 Å². The Bertz CT molecular complexity index is 544. The summed E-state index contributed by atoms with van der Waals surface area (Å²) in [5.74, 6) is 0.264. The summed E-state index contributed by atoms with van der Waals surface area (Å²) in [6.07, 6.45) is 1.83. The zero-order valence-corrected chi connectivity index (χ0v) is 12.0. The molecular weight excluding hydrogens is 347 g/mol. The third-order valence-corrected chi connectivity index (χ3v) is 4.31. The molecule has 0 aliphatic carbocycles. The van der Waals surface area contributed by atoms with E-state index in [-0.39, 0.29) is 5.92 Å². The molecule has 0 fully saturated rings. The minimum atomic E-state index is 0.264. The molecule has 5 heteroatoms. The van der Waals surface area contributed by atoms with Crippen molar-refractivity contribution in [3.05, 3.63) is 46.5 Å². The first kappa shape index (κ1) is 12.3. The van der Waals surface area contributed by atoms with E-state index in [2.05, 4.69) is 18.0 Å². The van der Waals surface area contributed by atoms with Gasteiger partial charge in [-0.3, -0.25) is 0 Å². The highest BCUT2D eigenvalue weighted by Gasteiger charge is 2.12. The van der Waals surface area contributed by atoms with Crippen LogP contribution in [-0.2, 0) is 0 Å². The van der Waals surface area contributed by atoms with Gasteiger partial charge in [-0.15, -0.1) is 0 Å². The first-order valence-corrected chi connectivity index (χ1v) is 6.68. The number of nitriles is 1. The van der Waals surface area contributed by atoms with Crippen molar-refractivity contribution in [3.63, 3.8) is 0 Å². The molecule has 0 amide bonds. The lowest BCUT2D eigenvalue weighted by Gasteiger charge is -2.08. The standard InChI is InChI=1S/C12H9IN2OS/c1-8(11-7-15-12(16-13)17-11)10-4-2-9(6-14)3-5-10/h2-5,7-8H,1H3. The molecule has 3 nitrogen and oxygen atoms in total. The van der Waals surface area contributed by atoms with Gasteiger partial charge in [-0.25, -0.2) is 4.98 Å². The van der Waals surface area contributed by atoms with E-state index < -0.39 is 0 Å². The zero-order valence-electron chi connectivity index (χ0n) is 9.05. The summed E-state index contributed by atoms with van der Waals surface area (Å²) in [4.78, 5) is 5.31. The molecule has 17 heavy (non-hydrogen) atoms. The Balaban J connectivity index is 2.24. The van der Waals surface area contributed by atoms with Gasteiger partial charge in [0.05, 0.1) is 11.6 Å². The van der Waals surface area contributed by atoms with Crippen LogP contribution < -0.4 is 3.07 Å². The van der Waals surface area contributed by atoms with Crippen molar-refractivity contribution >= 4 is 34.3 Å². The van der Waals surface area contributed by atoms with Crippen LogP contribution in [0.5, 0.6) is 5.19 Å². The topological polar surface area (TPSA) is 45.9 Å². The lowest BCUT2D eigenvalue weighted by Crippen LogP contribution is -1.92. The third-order valence-electron chi connectivity index (χ3n) is 2.53. The van der Waals surface area contributed by atoms with E-state index in [9.17, 15) is 0 Å². The van der Waals surface area contributed by atoms with Crippen LogP contribution in [0.1, 0.15) is 28.8 Å². The number of hydrogen-bond acceptors (Lipinski definition) is 4. The minimum absolute atomic E-state index is 0.264. The van der Waals surface area contributed by atoms with Crippen molar-refractivity contribution in [2.45, 2.75) is 12.8 Å². The molecule has 1 heterocycles. The van der Waals surface area contributed by atoms with Crippen LogP contribution in [0.25, 0.3) is 0 Å². The van der Waals surface area contributed by atoms with Gasteiger partial charge in [0.25, 0.3) is 5.19 Å². The first-order chi connectivity index (χ1) is 8.24. The normalized spacial score (nSPS) is 11.8. The fourth-order valence-corrected chi connectivity index (χ4v) is 2.66. The van der Waals surface area contributed by atoms with Crippen molar-refractivity contribution in [1.82, 2.24) is 4.98 Å². The number of benzene rings is 1. The van der Waals surface area contributed by atoms with Gasteiger partial charge < -0.3 is 3.07 Å². The highest BCUT2D eigenvalue weighted by atomic mass is 127. The summed E-state index contributed by atoms with van der Waals surface area (Å²) in [6.45, 7) is 2.12. The summed E-state index contributed by atoms with van der Waals surface area (Å²) >= 11 is 3.37. The largest absolute Gasteiger partial charge is 0.399 e. The number of hydrogen-bond donors (Lipinski definition) is 0. The van der Waals surface area contributed by atoms with Crippen molar-refractivity contribution < 1.29 is 3.07 Å². The molecule has 2 rings (SSSR count). The number of nitrogens with zero attached hydrogens (tertiary/aromatic N) is 2. The van der Waals surface area contributed by atoms with E-state index >= 15 is 0 Å². The predicted molar refractivity (Wildman–Crippen MR) is 75.4 cm³/mol. The van der Waals surface area contributed by atoms with E-state index in [4.69, 9.17) is 8.33 Å². The van der Waals surface area contributed by atoms with Crippen molar-refractivity contribution in [2.24, 2.45) is 0 Å². The Labute approximate surface area is 118 Å². The van der Waals surface area contributed by atoms with Crippen LogP contribution in [0.4, 0.5) is 0 Å². The van der Waals surface area contributed by atoms with E-state index in [1.54, 1.807) is 0 Å². The number of rotatable bonds is 3. The van der Waals surface area contributed by atoms with Gasteiger partial charge in [-0.1, -0.05) is 30.4 Å². The summed E-state index contributed by atoms with van der Waals surface area (Å²) in [6, 6.07) is 9.75. The van der Waals surface area contributed by atoms with Crippen LogP contribution in [-0.4, -0.2) is 4.98 Å². The smallest absolute Gasteiger partial charge is 0.283 e. The Morgan fingerprint density at radius 2 is 2.12 bits per heavy atom. The molecule has 0 saturated heterocycles. The highest BCUT2D eigenvalue weighted by Crippen LogP contribution is 2.32. The zero-order chi connectivity index (χ0) is 12.3. The second-order valence-corrected chi connectivity index (χ2v) is 5.03. The average Bonchev–Trinajstić information content (AvgIpc) is 2.87. The van der Waals surface area contributed by atoms with Gasteiger partial charge in [0.2, 0.25) is 0 Å². The highest BCUT2D eigenvalue weighted by molar-refractivity contribution is 14.1. The number of halogens is 1. The second-order valence-electron chi connectivity index (χ2n) is 3.56. The molecule has 0 radical (unpaired) electrons. The summed E-state index contributed by atoms with van der Waals surface area (Å²) in [5.41, 5.74) is 1.86. The summed E-state index contributed by atoms with van der Waals surface area (Å²) in [5, 5.41) is 9.41. The first-order valence-electron chi connectivity index (χ1n) is 4.99. The molecule has 1 aromatic carbocycles. The molecule has 0 N–H and O–H groups in total. The third kappa shape index (κ3) is 2.76. The SMILES string of the molecule is CC(c1ccc(C#N)cc1)c1cnc(OI)s1. The quantitative estimate of drug-likeness (QED) is 0.784. The second kappa shape index (κ2) is 5.47. The lowest BCUT2D eigenvalue weighted by atomic mass is 9.99. The summed E-state index contributed by atoms with van der Waals surface area (Å²) in [7, 11) is 0. The number of aromatic nitrogens is 1. The van der Waals surface area contributed by atoms with E-state index in [1.807, 2.05) is 53.5 Å². The van der Waals surface area contributed by atoms with Crippen LogP contribution in [0.15, 0.2) is 30.5 Å². The Morgan fingerprint density at radius 3 is 2.65 bits per heavy atom. The van der Waals surface area contributed by atoms with Crippen LogP contribution in [0.3, 0.4) is 0 Å². The molecule has 0 spiro atoms. The van der Waals surface area contributed by atoms with Crippen LogP contribution >= 0.6 is 34.3 Å². The van der Waals surface area contributed by atoms with Gasteiger partial charge in [-0.2, -0.15) is 5.26 Å². The Kier molecular flexibility index (Phi) is 3.97. The van der Waals surface area contributed by atoms with Gasteiger partial charge in [0, 0.05) is 17.0 Å². The molecule has 0 aliphatic heterocycles. The number of thiazole rings is 1. The maximum absolute atomic E-state index is 8.74. The predicted octanol–water partition coefficient (Wildman–Crippen LogP) is 3.90. The van der Waals surface area contributed by atoms with Gasteiger partial charge >= 0.3 is 0 Å². The molecule has 0 aliphatic rings. The van der Waals surface area contributed by atoms with Gasteiger partial charge in [0.1, 0.15) is 0 Å². The fraction of sp³-hybridized carbons (Fsp3) is 0.167. The molecule has 1 atom stereocenters. The maximum atomic E-state index is 8.74. The van der Waals surface area contributed by atoms with E-state index in [0.29, 0.717) is 10.8 Å². The monoisotopic (exact) mass is 356 g/mol.